The highest BCUT2D eigenvalue weighted by molar-refractivity contribution is 6.33. The van der Waals surface area contributed by atoms with Crippen LogP contribution in [-0.4, -0.2) is 0 Å². The summed E-state index contributed by atoms with van der Waals surface area (Å²) in [5, 5.41) is 5.01. The molecule has 0 aliphatic rings. The summed E-state index contributed by atoms with van der Waals surface area (Å²) < 4.78 is 0. The van der Waals surface area contributed by atoms with E-state index in [1.807, 2.05) is 18.2 Å². The molecule has 0 heterocycles. The molecule has 2 aromatic carbocycles. The lowest BCUT2D eigenvalue weighted by molar-refractivity contribution is 0.495. The zero-order chi connectivity index (χ0) is 14.7. The van der Waals surface area contributed by atoms with E-state index in [0.29, 0.717) is 5.02 Å². The average molecular weight is 308 g/mol. The number of hydrogen-bond donors (Lipinski definition) is 1. The lowest BCUT2D eigenvalue weighted by Gasteiger charge is -2.22. The molecule has 1 N–H and O–H groups in total. The Morgan fingerprint density at radius 3 is 2.20 bits per heavy atom. The average Bonchev–Trinajstić information content (AvgIpc) is 2.42. The van der Waals surface area contributed by atoms with Crippen LogP contribution in [0.5, 0.6) is 0 Å². The second-order valence-electron chi connectivity index (χ2n) is 5.19. The predicted octanol–water partition coefficient (Wildman–Crippen LogP) is 5.71. The van der Waals surface area contributed by atoms with Crippen molar-refractivity contribution in [2.45, 2.75) is 32.9 Å². The zero-order valence-corrected chi connectivity index (χ0v) is 13.5. The minimum absolute atomic E-state index is 0.137. The molecule has 20 heavy (non-hydrogen) atoms. The third-order valence-electron chi connectivity index (χ3n) is 3.50. The molecule has 0 bridgehead atoms. The highest BCUT2D eigenvalue weighted by atomic mass is 35.5. The van der Waals surface area contributed by atoms with Gasteiger partial charge < -0.3 is 5.32 Å². The maximum atomic E-state index is 6.24. The molecule has 0 saturated carbocycles. The van der Waals surface area contributed by atoms with Gasteiger partial charge in [-0.05, 0) is 50.1 Å². The van der Waals surface area contributed by atoms with Crippen LogP contribution in [0.1, 0.15) is 42.6 Å². The summed E-state index contributed by atoms with van der Waals surface area (Å²) >= 11 is 12.3. The molecule has 0 saturated heterocycles. The van der Waals surface area contributed by atoms with Crippen LogP contribution in [0.4, 0.5) is 0 Å². The zero-order valence-electron chi connectivity index (χ0n) is 12.0. The van der Waals surface area contributed by atoms with Gasteiger partial charge >= 0.3 is 0 Å². The summed E-state index contributed by atoms with van der Waals surface area (Å²) in [6, 6.07) is 14.5. The van der Waals surface area contributed by atoms with Crippen molar-refractivity contribution in [2.75, 3.05) is 0 Å². The van der Waals surface area contributed by atoms with Gasteiger partial charge in [0.05, 0.1) is 0 Å². The number of rotatable bonds is 4. The molecule has 0 aliphatic heterocycles. The van der Waals surface area contributed by atoms with Crippen LogP contribution in [0.2, 0.25) is 10.0 Å². The fourth-order valence-electron chi connectivity index (χ4n) is 2.26. The summed E-state index contributed by atoms with van der Waals surface area (Å²) in [7, 11) is 0. The molecule has 106 valence electrons. The maximum absolute atomic E-state index is 6.24. The normalized spacial score (nSPS) is 14.1. The van der Waals surface area contributed by atoms with E-state index in [-0.39, 0.29) is 12.1 Å². The molecule has 2 rings (SSSR count). The highest BCUT2D eigenvalue weighted by Crippen LogP contribution is 2.28. The van der Waals surface area contributed by atoms with Crippen molar-refractivity contribution in [1.29, 1.82) is 0 Å². The summed E-state index contributed by atoms with van der Waals surface area (Å²) in [5.41, 5.74) is 3.56. The second-order valence-corrected chi connectivity index (χ2v) is 6.03. The first-order valence-corrected chi connectivity index (χ1v) is 7.50. The van der Waals surface area contributed by atoms with Crippen LogP contribution in [0.3, 0.4) is 0 Å². The van der Waals surface area contributed by atoms with Crippen LogP contribution < -0.4 is 5.32 Å². The van der Waals surface area contributed by atoms with Crippen LogP contribution >= 0.6 is 23.2 Å². The minimum Gasteiger partial charge on any atom is -0.304 e. The van der Waals surface area contributed by atoms with Gasteiger partial charge in [-0.15, -0.1) is 0 Å². The number of halogens is 2. The predicted molar refractivity (Wildman–Crippen MR) is 87.6 cm³/mol. The van der Waals surface area contributed by atoms with Gasteiger partial charge in [-0.25, -0.2) is 0 Å². The number of nitrogens with one attached hydrogen (secondary N) is 1. The summed E-state index contributed by atoms with van der Waals surface area (Å²) in [5.74, 6) is 0. The Morgan fingerprint density at radius 2 is 1.55 bits per heavy atom. The van der Waals surface area contributed by atoms with E-state index in [9.17, 15) is 0 Å². The van der Waals surface area contributed by atoms with Gasteiger partial charge in [0, 0.05) is 22.1 Å². The van der Waals surface area contributed by atoms with E-state index in [1.165, 1.54) is 11.1 Å². The molecule has 0 amide bonds. The van der Waals surface area contributed by atoms with Crippen molar-refractivity contribution in [2.24, 2.45) is 0 Å². The quantitative estimate of drug-likeness (QED) is 0.762. The van der Waals surface area contributed by atoms with Gasteiger partial charge in [0.1, 0.15) is 0 Å². The Balaban J connectivity index is 2.12. The summed E-state index contributed by atoms with van der Waals surface area (Å²) in [6.07, 6.45) is 0. The van der Waals surface area contributed by atoms with Crippen molar-refractivity contribution in [3.8, 4) is 0 Å². The number of hydrogen-bond acceptors (Lipinski definition) is 1. The van der Waals surface area contributed by atoms with Crippen LogP contribution in [-0.2, 0) is 0 Å². The molecular weight excluding hydrogens is 289 g/mol. The molecular formula is C17H19Cl2N. The Labute approximate surface area is 130 Å². The fourth-order valence-corrected chi connectivity index (χ4v) is 2.72. The minimum atomic E-state index is 0.137. The highest BCUT2D eigenvalue weighted by Gasteiger charge is 2.14. The first-order chi connectivity index (χ1) is 9.47. The molecule has 3 heteroatoms. The lowest BCUT2D eigenvalue weighted by Crippen LogP contribution is -2.22. The Kier molecular flexibility index (Phi) is 5.09. The van der Waals surface area contributed by atoms with Crippen molar-refractivity contribution in [3.63, 3.8) is 0 Å². The van der Waals surface area contributed by atoms with Gasteiger partial charge in [0.2, 0.25) is 0 Å². The van der Waals surface area contributed by atoms with Gasteiger partial charge in [-0.2, -0.15) is 0 Å². The first-order valence-electron chi connectivity index (χ1n) is 6.75. The topological polar surface area (TPSA) is 12.0 Å². The van der Waals surface area contributed by atoms with Gasteiger partial charge in [-0.3, -0.25) is 0 Å². The molecule has 0 spiro atoms. The standard InChI is InChI=1S/C17H19Cl2N/c1-11-4-6-14(7-5-11)12(2)20-13(3)16-10-15(18)8-9-17(16)19/h4-10,12-13,20H,1-3H3/t12-,13?/m0/s1. The van der Waals surface area contributed by atoms with Crippen LogP contribution in [0.25, 0.3) is 0 Å². The molecule has 1 unspecified atom stereocenters. The molecule has 2 aromatic rings. The van der Waals surface area contributed by atoms with E-state index >= 15 is 0 Å². The SMILES string of the molecule is Cc1ccc([C@H](C)NC(C)c2cc(Cl)ccc2Cl)cc1. The Bertz CT molecular complexity index is 578. The van der Waals surface area contributed by atoms with E-state index in [1.54, 1.807) is 0 Å². The lowest BCUT2D eigenvalue weighted by atomic mass is 10.0. The third kappa shape index (κ3) is 3.76. The summed E-state index contributed by atoms with van der Waals surface area (Å²) in [4.78, 5) is 0. The maximum Gasteiger partial charge on any atom is 0.0454 e. The number of benzene rings is 2. The van der Waals surface area contributed by atoms with Crippen LogP contribution in [0, 0.1) is 6.92 Å². The molecule has 1 nitrogen and oxygen atoms in total. The smallest absolute Gasteiger partial charge is 0.0454 e. The van der Waals surface area contributed by atoms with Gasteiger partial charge in [-0.1, -0.05) is 53.0 Å². The largest absolute Gasteiger partial charge is 0.304 e. The van der Waals surface area contributed by atoms with Crippen molar-refractivity contribution < 1.29 is 0 Å². The van der Waals surface area contributed by atoms with Gasteiger partial charge in [0.25, 0.3) is 0 Å². The van der Waals surface area contributed by atoms with E-state index < -0.39 is 0 Å². The molecule has 0 fully saturated rings. The molecule has 0 radical (unpaired) electrons. The monoisotopic (exact) mass is 307 g/mol. The van der Waals surface area contributed by atoms with E-state index in [4.69, 9.17) is 23.2 Å². The van der Waals surface area contributed by atoms with Crippen molar-refractivity contribution in [3.05, 3.63) is 69.2 Å². The Hall–Kier alpha value is -1.02. The second kappa shape index (κ2) is 6.62. The van der Waals surface area contributed by atoms with Crippen molar-refractivity contribution in [1.82, 2.24) is 5.32 Å². The molecule has 0 aromatic heterocycles. The van der Waals surface area contributed by atoms with Gasteiger partial charge in [0.15, 0.2) is 0 Å². The molecule has 0 aliphatic carbocycles. The van der Waals surface area contributed by atoms with E-state index in [0.717, 1.165) is 10.6 Å². The van der Waals surface area contributed by atoms with Crippen LogP contribution in [0.15, 0.2) is 42.5 Å². The summed E-state index contributed by atoms with van der Waals surface area (Å²) in [6.45, 7) is 6.35. The Morgan fingerprint density at radius 1 is 0.900 bits per heavy atom. The third-order valence-corrected chi connectivity index (χ3v) is 4.08. The van der Waals surface area contributed by atoms with Crippen molar-refractivity contribution >= 4 is 23.2 Å². The fraction of sp³-hybridized carbons (Fsp3) is 0.294. The molecule has 2 atom stereocenters. The van der Waals surface area contributed by atoms with E-state index in [2.05, 4.69) is 50.4 Å². The first kappa shape index (κ1) is 15.4. The number of aryl methyl sites for hydroxylation is 1.